The van der Waals surface area contributed by atoms with E-state index in [1.54, 1.807) is 6.08 Å². The first-order valence-electron chi connectivity index (χ1n) is 38.6. The van der Waals surface area contributed by atoms with Gasteiger partial charge in [-0.15, -0.1) is 0 Å². The van der Waals surface area contributed by atoms with Crippen LogP contribution < -0.4 is 5.32 Å². The molecular weight excluding hydrogens is 1030 g/mol. The van der Waals surface area contributed by atoms with E-state index in [2.05, 4.69) is 31.3 Å². The first-order valence-corrected chi connectivity index (χ1v) is 38.6. The summed E-state index contributed by atoms with van der Waals surface area (Å²) in [5.74, 6) is -0.0522. The van der Waals surface area contributed by atoms with Crippen molar-refractivity contribution in [1.82, 2.24) is 5.32 Å². The molecule has 0 aromatic heterocycles. The molecule has 0 aliphatic heterocycles. The summed E-state index contributed by atoms with van der Waals surface area (Å²) in [6.45, 7) is 4.95. The fourth-order valence-corrected chi connectivity index (χ4v) is 12.3. The van der Waals surface area contributed by atoms with Gasteiger partial charge in [-0.05, 0) is 57.8 Å². The van der Waals surface area contributed by atoms with Crippen LogP contribution >= 0.6 is 0 Å². The van der Waals surface area contributed by atoms with Crippen molar-refractivity contribution in [3.63, 3.8) is 0 Å². The lowest BCUT2D eigenvalue weighted by Gasteiger charge is -2.20. The Morgan fingerprint density at radius 1 is 0.321 bits per heavy atom. The maximum absolute atomic E-state index is 12.5. The van der Waals surface area contributed by atoms with Gasteiger partial charge in [0, 0.05) is 12.8 Å². The Hall–Kier alpha value is -1.66. The summed E-state index contributed by atoms with van der Waals surface area (Å²) in [5, 5.41) is 23.3. The van der Waals surface area contributed by atoms with Gasteiger partial charge in [0.05, 0.1) is 25.4 Å². The average molecular weight is 1180 g/mol. The lowest BCUT2D eigenvalue weighted by molar-refractivity contribution is -0.143. The molecule has 0 aromatic carbocycles. The summed E-state index contributed by atoms with van der Waals surface area (Å²) in [6.07, 6.45) is 94.2. The van der Waals surface area contributed by atoms with Crippen molar-refractivity contribution < 1.29 is 24.5 Å². The highest BCUT2D eigenvalue weighted by molar-refractivity contribution is 5.76. The molecule has 0 fully saturated rings. The van der Waals surface area contributed by atoms with E-state index in [9.17, 15) is 19.8 Å². The van der Waals surface area contributed by atoms with E-state index < -0.39 is 12.1 Å². The topological polar surface area (TPSA) is 95.9 Å². The summed E-state index contributed by atoms with van der Waals surface area (Å²) in [5.41, 5.74) is 0. The number of carbonyl (C=O) groups excluding carboxylic acids is 2. The monoisotopic (exact) mass is 1180 g/mol. The Kier molecular flexibility index (Phi) is 72.3. The fraction of sp³-hybridized carbons (Fsp3) is 0.923. The molecule has 498 valence electrons. The molecule has 3 N–H and O–H groups in total. The van der Waals surface area contributed by atoms with Gasteiger partial charge in [0.2, 0.25) is 5.91 Å². The third-order valence-corrected chi connectivity index (χ3v) is 18.2. The second-order valence-electron chi connectivity index (χ2n) is 26.7. The summed E-state index contributed by atoms with van der Waals surface area (Å²) in [7, 11) is 0. The van der Waals surface area contributed by atoms with E-state index in [-0.39, 0.29) is 18.5 Å². The molecule has 84 heavy (non-hydrogen) atoms. The summed E-state index contributed by atoms with van der Waals surface area (Å²) in [4.78, 5) is 24.7. The summed E-state index contributed by atoms with van der Waals surface area (Å²) in [6, 6.07) is -0.634. The second kappa shape index (κ2) is 73.8. The molecule has 6 nitrogen and oxygen atoms in total. The largest absolute Gasteiger partial charge is 0.466 e. The Labute approximate surface area is 526 Å². The van der Waals surface area contributed by atoms with Gasteiger partial charge in [-0.3, -0.25) is 9.59 Å². The summed E-state index contributed by atoms with van der Waals surface area (Å²) < 4.78 is 5.51. The number of carbonyl (C=O) groups is 2. The number of aliphatic hydroxyl groups excluding tert-OH is 2. The second-order valence-corrected chi connectivity index (χ2v) is 26.7. The molecule has 0 rings (SSSR count). The first kappa shape index (κ1) is 82.3. The van der Waals surface area contributed by atoms with Crippen LogP contribution in [0.5, 0.6) is 0 Å². The minimum absolute atomic E-state index is 0.0170. The van der Waals surface area contributed by atoms with E-state index in [1.165, 1.54) is 366 Å². The standard InChI is InChI=1S/C78H151NO5/c1-3-5-7-9-11-13-15-17-19-21-23-24-25-26-28-31-35-38-42-46-50-54-58-62-66-70-76(81)75(74-80)79-77(82)71-67-63-59-55-51-47-43-39-36-32-29-27-30-33-37-41-45-49-53-57-61-65-69-73-84-78(83)72-68-64-60-56-52-48-44-40-34-22-20-18-16-14-12-10-8-6-4-2/h32,36,66,70,75-76,80-81H,3-31,33-35,37-65,67-69,71-74H2,1-2H3,(H,79,82)/b36-32-,70-66+. The van der Waals surface area contributed by atoms with Crippen LogP contribution in [0.2, 0.25) is 0 Å². The lowest BCUT2D eigenvalue weighted by atomic mass is 10.0. The zero-order valence-corrected chi connectivity index (χ0v) is 57.2. The van der Waals surface area contributed by atoms with Crippen molar-refractivity contribution in [3.05, 3.63) is 24.3 Å². The Morgan fingerprint density at radius 3 is 0.845 bits per heavy atom. The number of aliphatic hydroxyl groups is 2. The molecule has 0 heterocycles. The van der Waals surface area contributed by atoms with Crippen molar-refractivity contribution in [1.29, 1.82) is 0 Å². The molecule has 1 amide bonds. The van der Waals surface area contributed by atoms with Crippen LogP contribution in [-0.2, 0) is 14.3 Å². The number of hydrogen-bond acceptors (Lipinski definition) is 5. The highest BCUT2D eigenvalue weighted by Gasteiger charge is 2.18. The Bertz CT molecular complexity index is 1320. The minimum Gasteiger partial charge on any atom is -0.466 e. The van der Waals surface area contributed by atoms with E-state index >= 15 is 0 Å². The average Bonchev–Trinajstić information content (AvgIpc) is 3.51. The predicted octanol–water partition coefficient (Wildman–Crippen LogP) is 25.3. The number of nitrogens with one attached hydrogen (secondary N) is 1. The van der Waals surface area contributed by atoms with E-state index in [4.69, 9.17) is 4.74 Å². The van der Waals surface area contributed by atoms with Crippen molar-refractivity contribution in [2.24, 2.45) is 0 Å². The van der Waals surface area contributed by atoms with Gasteiger partial charge < -0.3 is 20.3 Å². The molecule has 0 bridgehead atoms. The fourth-order valence-electron chi connectivity index (χ4n) is 12.3. The highest BCUT2D eigenvalue weighted by Crippen LogP contribution is 2.20. The third kappa shape index (κ3) is 69.4. The zero-order valence-electron chi connectivity index (χ0n) is 57.2. The van der Waals surface area contributed by atoms with Gasteiger partial charge in [0.25, 0.3) is 0 Å². The maximum Gasteiger partial charge on any atom is 0.305 e. The molecule has 2 atom stereocenters. The molecule has 2 unspecified atom stereocenters. The Balaban J connectivity index is 3.41. The normalized spacial score (nSPS) is 12.6. The lowest BCUT2D eigenvalue weighted by Crippen LogP contribution is -2.45. The van der Waals surface area contributed by atoms with Crippen LogP contribution in [0.15, 0.2) is 24.3 Å². The van der Waals surface area contributed by atoms with Crippen LogP contribution in [0.25, 0.3) is 0 Å². The highest BCUT2D eigenvalue weighted by atomic mass is 16.5. The van der Waals surface area contributed by atoms with Crippen LogP contribution in [0.1, 0.15) is 438 Å². The van der Waals surface area contributed by atoms with Crippen LogP contribution in [-0.4, -0.2) is 47.4 Å². The molecular formula is C78H151NO5. The van der Waals surface area contributed by atoms with Crippen LogP contribution in [0.4, 0.5) is 0 Å². The van der Waals surface area contributed by atoms with Crippen LogP contribution in [0.3, 0.4) is 0 Å². The van der Waals surface area contributed by atoms with Gasteiger partial charge in [-0.2, -0.15) is 0 Å². The van der Waals surface area contributed by atoms with Crippen LogP contribution in [0, 0.1) is 0 Å². The number of ether oxygens (including phenoxy) is 1. The number of esters is 1. The van der Waals surface area contributed by atoms with Gasteiger partial charge >= 0.3 is 5.97 Å². The predicted molar refractivity (Wildman–Crippen MR) is 370 cm³/mol. The smallest absolute Gasteiger partial charge is 0.305 e. The van der Waals surface area contributed by atoms with E-state index in [0.717, 1.165) is 44.9 Å². The number of unbranched alkanes of at least 4 members (excludes halogenated alkanes) is 60. The van der Waals surface area contributed by atoms with E-state index in [0.29, 0.717) is 19.4 Å². The maximum atomic E-state index is 12.5. The van der Waals surface area contributed by atoms with Gasteiger partial charge in [0.1, 0.15) is 0 Å². The number of rotatable bonds is 73. The SMILES string of the molecule is CCCCCCCCCCCCCCCCCCCCCCCCC/C=C/C(O)C(CO)NC(=O)CCCCCCCCC/C=C\CCCCCCCCCCCCCCOC(=O)CCCCCCCCCCCCCCCCCCCCC. The molecule has 0 aliphatic carbocycles. The van der Waals surface area contributed by atoms with Gasteiger partial charge in [-0.25, -0.2) is 0 Å². The van der Waals surface area contributed by atoms with Crippen molar-refractivity contribution in [2.45, 2.75) is 450 Å². The zero-order chi connectivity index (χ0) is 60.6. The first-order chi connectivity index (χ1) is 41.5. The molecule has 0 spiro atoms. The third-order valence-electron chi connectivity index (χ3n) is 18.2. The molecule has 0 aromatic rings. The van der Waals surface area contributed by atoms with Crippen molar-refractivity contribution in [3.8, 4) is 0 Å². The quantitative estimate of drug-likeness (QED) is 0.0320. The van der Waals surface area contributed by atoms with Crippen molar-refractivity contribution >= 4 is 11.9 Å². The van der Waals surface area contributed by atoms with Crippen molar-refractivity contribution in [2.75, 3.05) is 13.2 Å². The van der Waals surface area contributed by atoms with E-state index in [1.807, 2.05) is 6.08 Å². The molecule has 0 saturated heterocycles. The molecule has 0 aliphatic rings. The molecule has 6 heteroatoms. The molecule has 0 radical (unpaired) electrons. The van der Waals surface area contributed by atoms with Gasteiger partial charge in [0.15, 0.2) is 0 Å². The summed E-state index contributed by atoms with van der Waals surface area (Å²) >= 11 is 0. The molecule has 0 saturated carbocycles. The number of amides is 1. The number of hydrogen-bond donors (Lipinski definition) is 3. The van der Waals surface area contributed by atoms with Gasteiger partial charge in [-0.1, -0.05) is 391 Å². The number of allylic oxidation sites excluding steroid dienone is 3. The Morgan fingerprint density at radius 2 is 0.560 bits per heavy atom. The minimum atomic E-state index is -0.850.